The maximum Gasteiger partial charge on any atom is 0.335 e. The molecule has 8 nitrogen and oxygen atoms in total. The van der Waals surface area contributed by atoms with Gasteiger partial charge in [0.2, 0.25) is 0 Å². The van der Waals surface area contributed by atoms with Crippen LogP contribution in [0, 0.1) is 0 Å². The molecule has 1 saturated heterocycles. The Labute approximate surface area is 209 Å². The zero-order chi connectivity index (χ0) is 25.1. The SMILES string of the molecule is O=C1NC(=O)N(c2ccccc2)C(=O)/C1=C\c1cc(Cl)c(OCc2ccc(C(=O)O)cc2)c(Cl)c1. The summed E-state index contributed by atoms with van der Waals surface area (Å²) < 4.78 is 5.70. The fraction of sp³-hybridized carbons (Fsp3) is 0.0400. The average Bonchev–Trinajstić information content (AvgIpc) is 2.82. The van der Waals surface area contributed by atoms with Gasteiger partial charge in [0.15, 0.2) is 5.75 Å². The third kappa shape index (κ3) is 5.18. The topological polar surface area (TPSA) is 113 Å². The Bertz CT molecular complexity index is 1350. The number of benzene rings is 3. The van der Waals surface area contributed by atoms with E-state index in [1.807, 2.05) is 0 Å². The molecule has 0 saturated carbocycles. The average molecular weight is 511 g/mol. The number of carbonyl (C=O) groups excluding carboxylic acids is 3. The highest BCUT2D eigenvalue weighted by molar-refractivity contribution is 6.40. The highest BCUT2D eigenvalue weighted by Crippen LogP contribution is 2.36. The second-order valence-corrected chi connectivity index (χ2v) is 8.21. The Morgan fingerprint density at radius 2 is 1.60 bits per heavy atom. The number of nitrogens with one attached hydrogen (secondary N) is 1. The quantitative estimate of drug-likeness (QED) is 0.358. The number of rotatable bonds is 6. The van der Waals surface area contributed by atoms with Crippen LogP contribution in [0.3, 0.4) is 0 Å². The molecule has 4 amide bonds. The number of anilines is 1. The number of imide groups is 2. The van der Waals surface area contributed by atoms with Gasteiger partial charge in [-0.3, -0.25) is 14.9 Å². The zero-order valence-corrected chi connectivity index (χ0v) is 19.3. The lowest BCUT2D eigenvalue weighted by Gasteiger charge is -2.26. The van der Waals surface area contributed by atoms with Crippen LogP contribution in [0.2, 0.25) is 10.0 Å². The van der Waals surface area contributed by atoms with Crippen LogP contribution in [0.25, 0.3) is 6.08 Å². The van der Waals surface area contributed by atoms with Gasteiger partial charge in [0.05, 0.1) is 21.3 Å². The molecule has 1 aliphatic heterocycles. The molecule has 0 aliphatic carbocycles. The van der Waals surface area contributed by atoms with Crippen LogP contribution in [0.15, 0.2) is 72.3 Å². The number of nitrogens with zero attached hydrogens (tertiary/aromatic N) is 1. The zero-order valence-electron chi connectivity index (χ0n) is 17.8. The largest absolute Gasteiger partial charge is 0.486 e. The van der Waals surface area contributed by atoms with E-state index >= 15 is 0 Å². The second-order valence-electron chi connectivity index (χ2n) is 7.40. The molecule has 0 radical (unpaired) electrons. The molecule has 3 aromatic rings. The predicted molar refractivity (Wildman–Crippen MR) is 130 cm³/mol. The second kappa shape index (κ2) is 10.0. The number of carboxylic acid groups (broad SMARTS) is 1. The van der Waals surface area contributed by atoms with Gasteiger partial charge in [-0.25, -0.2) is 14.5 Å². The fourth-order valence-corrected chi connectivity index (χ4v) is 3.95. The summed E-state index contributed by atoms with van der Waals surface area (Å²) in [5.74, 6) is -2.49. The molecule has 3 aromatic carbocycles. The molecular formula is C25H16Cl2N2O6. The number of aromatic carboxylic acids is 1. The lowest BCUT2D eigenvalue weighted by molar-refractivity contribution is -0.122. The Morgan fingerprint density at radius 3 is 2.20 bits per heavy atom. The maximum absolute atomic E-state index is 13.0. The molecule has 10 heteroatoms. The minimum atomic E-state index is -1.03. The van der Waals surface area contributed by atoms with Gasteiger partial charge in [0, 0.05) is 0 Å². The van der Waals surface area contributed by atoms with Crippen molar-refractivity contribution in [2.24, 2.45) is 0 Å². The number of carbonyl (C=O) groups is 4. The molecule has 4 rings (SSSR count). The third-order valence-corrected chi connectivity index (χ3v) is 5.59. The molecule has 0 atom stereocenters. The van der Waals surface area contributed by atoms with Gasteiger partial charge >= 0.3 is 12.0 Å². The number of barbiturate groups is 1. The van der Waals surface area contributed by atoms with Crippen molar-refractivity contribution in [1.82, 2.24) is 5.32 Å². The van der Waals surface area contributed by atoms with Crippen LogP contribution in [-0.2, 0) is 16.2 Å². The third-order valence-electron chi connectivity index (χ3n) is 5.03. The van der Waals surface area contributed by atoms with Gasteiger partial charge in [0.25, 0.3) is 11.8 Å². The number of para-hydroxylation sites is 1. The van der Waals surface area contributed by atoms with Crippen molar-refractivity contribution in [2.45, 2.75) is 6.61 Å². The molecule has 2 N–H and O–H groups in total. The lowest BCUT2D eigenvalue weighted by atomic mass is 10.1. The van der Waals surface area contributed by atoms with Gasteiger partial charge in [-0.2, -0.15) is 0 Å². The van der Waals surface area contributed by atoms with E-state index in [9.17, 15) is 19.2 Å². The Hall–Kier alpha value is -4.14. The van der Waals surface area contributed by atoms with E-state index < -0.39 is 23.8 Å². The van der Waals surface area contributed by atoms with Gasteiger partial charge in [-0.05, 0) is 53.6 Å². The summed E-state index contributed by atoms with van der Waals surface area (Å²) >= 11 is 12.7. The van der Waals surface area contributed by atoms with Gasteiger partial charge in [-0.1, -0.05) is 53.5 Å². The van der Waals surface area contributed by atoms with Gasteiger partial charge < -0.3 is 9.84 Å². The fourth-order valence-electron chi connectivity index (χ4n) is 3.34. The van der Waals surface area contributed by atoms with Crippen molar-refractivity contribution in [3.8, 4) is 5.75 Å². The summed E-state index contributed by atoms with van der Waals surface area (Å²) in [6.07, 6.45) is 1.28. The first kappa shape index (κ1) is 24.0. The Balaban J connectivity index is 1.56. The van der Waals surface area contributed by atoms with Crippen molar-refractivity contribution in [1.29, 1.82) is 0 Å². The predicted octanol–water partition coefficient (Wildman–Crippen LogP) is 4.94. The van der Waals surface area contributed by atoms with Crippen molar-refractivity contribution in [3.63, 3.8) is 0 Å². The Morgan fingerprint density at radius 1 is 0.971 bits per heavy atom. The molecule has 1 aliphatic rings. The molecule has 176 valence electrons. The summed E-state index contributed by atoms with van der Waals surface area (Å²) in [7, 11) is 0. The molecule has 0 aromatic heterocycles. The molecule has 35 heavy (non-hydrogen) atoms. The Kier molecular flexibility index (Phi) is 6.86. The number of ether oxygens (including phenoxy) is 1. The van der Waals surface area contributed by atoms with E-state index in [1.54, 1.807) is 42.5 Å². The number of amides is 4. The van der Waals surface area contributed by atoms with E-state index in [-0.39, 0.29) is 33.5 Å². The van der Waals surface area contributed by atoms with E-state index in [2.05, 4.69) is 5.32 Å². The number of hydrogen-bond donors (Lipinski definition) is 2. The van der Waals surface area contributed by atoms with Gasteiger partial charge in [-0.15, -0.1) is 0 Å². The van der Waals surface area contributed by atoms with E-state index in [4.69, 9.17) is 33.0 Å². The van der Waals surface area contributed by atoms with E-state index in [1.165, 1.54) is 30.3 Å². The minimum Gasteiger partial charge on any atom is -0.486 e. The highest BCUT2D eigenvalue weighted by Gasteiger charge is 2.36. The van der Waals surface area contributed by atoms with Crippen LogP contribution in [-0.4, -0.2) is 28.9 Å². The monoisotopic (exact) mass is 510 g/mol. The van der Waals surface area contributed by atoms with Crippen LogP contribution >= 0.6 is 23.2 Å². The number of halogens is 2. The van der Waals surface area contributed by atoms with Crippen molar-refractivity contribution < 1.29 is 29.0 Å². The molecular weight excluding hydrogens is 495 g/mol. The first-order valence-electron chi connectivity index (χ1n) is 10.1. The molecule has 1 fully saturated rings. The van der Waals surface area contributed by atoms with Crippen molar-refractivity contribution >= 4 is 58.8 Å². The van der Waals surface area contributed by atoms with Crippen LogP contribution < -0.4 is 15.0 Å². The molecule has 0 spiro atoms. The molecule has 0 unspecified atom stereocenters. The summed E-state index contributed by atoms with van der Waals surface area (Å²) in [5.41, 5.74) is 1.23. The molecule has 1 heterocycles. The first-order chi connectivity index (χ1) is 16.7. The van der Waals surface area contributed by atoms with Crippen LogP contribution in [0.4, 0.5) is 10.5 Å². The normalized spacial score (nSPS) is 14.7. The number of carboxylic acids is 1. The summed E-state index contributed by atoms with van der Waals surface area (Å²) in [5, 5.41) is 11.4. The van der Waals surface area contributed by atoms with Crippen LogP contribution in [0.1, 0.15) is 21.5 Å². The van der Waals surface area contributed by atoms with Gasteiger partial charge in [0.1, 0.15) is 12.2 Å². The first-order valence-corrected chi connectivity index (χ1v) is 10.9. The summed E-state index contributed by atoms with van der Waals surface area (Å²) in [6, 6.07) is 16.4. The lowest BCUT2D eigenvalue weighted by Crippen LogP contribution is -2.54. The highest BCUT2D eigenvalue weighted by atomic mass is 35.5. The number of hydrogen-bond acceptors (Lipinski definition) is 5. The van der Waals surface area contributed by atoms with Crippen molar-refractivity contribution in [3.05, 3.63) is 99.0 Å². The number of urea groups is 1. The summed E-state index contributed by atoms with van der Waals surface area (Å²) in [4.78, 5) is 49.4. The minimum absolute atomic E-state index is 0.0782. The van der Waals surface area contributed by atoms with Crippen LogP contribution in [0.5, 0.6) is 5.75 Å². The standard InChI is InChI=1S/C25H16Cl2N2O6/c26-19-11-15(12-20(27)21(19)35-13-14-6-8-16(9-7-14)24(32)33)10-18-22(30)28-25(34)29(23(18)31)17-4-2-1-3-5-17/h1-12H,13H2,(H,32,33)(H,28,30,34)/b18-10-. The van der Waals surface area contributed by atoms with Crippen molar-refractivity contribution in [2.75, 3.05) is 4.90 Å². The summed E-state index contributed by atoms with van der Waals surface area (Å²) in [6.45, 7) is 0.0782. The maximum atomic E-state index is 13.0. The molecule has 0 bridgehead atoms. The smallest absolute Gasteiger partial charge is 0.335 e. The van der Waals surface area contributed by atoms with E-state index in [0.29, 0.717) is 16.8 Å². The van der Waals surface area contributed by atoms with E-state index in [0.717, 1.165) is 4.90 Å².